The fraction of sp³-hybridized carbons (Fsp3) is 0.500. The number of phenols is 1. The van der Waals surface area contributed by atoms with Gasteiger partial charge in [0.1, 0.15) is 29.4 Å². The molecule has 6 heterocycles. The van der Waals surface area contributed by atoms with Crippen LogP contribution < -0.4 is 15.0 Å². The van der Waals surface area contributed by atoms with Gasteiger partial charge in [-0.25, -0.2) is 4.39 Å². The van der Waals surface area contributed by atoms with Crippen LogP contribution in [0.2, 0.25) is 0 Å². The normalized spacial score (nSPS) is 23.6. The Kier molecular flexibility index (Phi) is 5.90. The summed E-state index contributed by atoms with van der Waals surface area (Å²) in [6, 6.07) is 9.50. The molecule has 0 saturated carbocycles. The van der Waals surface area contributed by atoms with Gasteiger partial charge in [-0.15, -0.1) is 0 Å². The van der Waals surface area contributed by atoms with Crippen LogP contribution in [0.3, 0.4) is 0 Å². The lowest BCUT2D eigenvalue weighted by Gasteiger charge is -2.34. The molecule has 4 saturated heterocycles. The zero-order chi connectivity index (χ0) is 27.7. The molecule has 0 aliphatic carbocycles. The van der Waals surface area contributed by atoms with Crippen molar-refractivity contribution >= 4 is 27.5 Å². The Bertz CT molecular complexity index is 1630. The first kappa shape index (κ1) is 25.3. The second-order valence-electron chi connectivity index (χ2n) is 12.5. The van der Waals surface area contributed by atoms with Gasteiger partial charge in [-0.2, -0.15) is 10.1 Å². The Morgan fingerprint density at radius 2 is 1.88 bits per heavy atom. The molecule has 2 unspecified atom stereocenters. The van der Waals surface area contributed by atoms with Crippen LogP contribution >= 0.6 is 0 Å². The van der Waals surface area contributed by atoms with Crippen LogP contribution in [0.5, 0.6) is 11.6 Å². The number of aryl methyl sites for hydroxylation is 1. The number of fused-ring (bicyclic) bond motifs is 5. The number of pyridine rings is 1. The summed E-state index contributed by atoms with van der Waals surface area (Å²) >= 11 is 0. The molecule has 41 heavy (non-hydrogen) atoms. The zero-order valence-electron chi connectivity index (χ0n) is 23.5. The lowest BCUT2D eigenvalue weighted by molar-refractivity contribution is 0.111. The Balaban J connectivity index is 1.28. The number of phenolic OH excluding ortho intramolecular Hbond substituents is 1. The van der Waals surface area contributed by atoms with Crippen molar-refractivity contribution < 1.29 is 14.2 Å². The number of H-pyrrole nitrogens is 1. The minimum atomic E-state index is -0.244. The van der Waals surface area contributed by atoms with Crippen molar-refractivity contribution in [3.8, 4) is 22.9 Å². The van der Waals surface area contributed by atoms with Crippen LogP contribution in [0, 0.1) is 5.82 Å². The van der Waals surface area contributed by atoms with Crippen molar-refractivity contribution in [1.82, 2.24) is 25.4 Å². The van der Waals surface area contributed by atoms with E-state index in [0.717, 1.165) is 53.7 Å². The Morgan fingerprint density at radius 3 is 2.63 bits per heavy atom. The molecule has 214 valence electrons. The van der Waals surface area contributed by atoms with Crippen molar-refractivity contribution in [1.29, 1.82) is 0 Å². The van der Waals surface area contributed by atoms with Gasteiger partial charge in [-0.05, 0) is 92.6 Å². The maximum absolute atomic E-state index is 15.0. The molecule has 2 aromatic heterocycles. The molecule has 2 atom stereocenters. The number of halogens is 1. The average molecular weight is 557 g/mol. The van der Waals surface area contributed by atoms with E-state index in [1.807, 2.05) is 13.0 Å². The van der Waals surface area contributed by atoms with E-state index in [2.05, 4.69) is 20.2 Å². The fourth-order valence-corrected chi connectivity index (χ4v) is 8.16. The van der Waals surface area contributed by atoms with E-state index in [0.29, 0.717) is 47.8 Å². The summed E-state index contributed by atoms with van der Waals surface area (Å²) in [5.74, 6) is 1.34. The van der Waals surface area contributed by atoms with Crippen LogP contribution in [-0.4, -0.2) is 75.6 Å². The highest BCUT2D eigenvalue weighted by Gasteiger charge is 2.45. The number of aromatic nitrogens is 3. The minimum Gasteiger partial charge on any atom is -0.508 e. The van der Waals surface area contributed by atoms with E-state index in [9.17, 15) is 5.11 Å². The molecular weight excluding hydrogens is 519 g/mol. The van der Waals surface area contributed by atoms with Crippen LogP contribution in [-0.2, 0) is 6.42 Å². The monoisotopic (exact) mass is 556 g/mol. The number of aromatic amines is 1. The summed E-state index contributed by atoms with van der Waals surface area (Å²) < 4.78 is 21.6. The third-order valence-corrected chi connectivity index (χ3v) is 10.1. The number of aromatic hydroxyl groups is 1. The molecule has 0 spiro atoms. The summed E-state index contributed by atoms with van der Waals surface area (Å²) in [6.07, 6.45) is 7.66. The predicted molar refractivity (Wildman–Crippen MR) is 158 cm³/mol. The number of hydrogen-bond acceptors (Lipinski definition) is 7. The summed E-state index contributed by atoms with van der Waals surface area (Å²) in [5.41, 5.74) is 2.97. The standard InChI is InChI=1S/C32H37FN6O2/c1-2-23-26(33)8-5-19-13-22(40)14-24(28(19)23)29-25-15-27(41-18-32-9-3-11-39(32)12-4-10-32)35-31(30(25)37-36-29)38-16-20-6-7-21(17-38)34-20/h5,8,13-15,20-21,34,40H,2-4,6-7,9-12,16-18H2,1H3,(H,36,37). The Labute approximate surface area is 238 Å². The largest absolute Gasteiger partial charge is 0.508 e. The van der Waals surface area contributed by atoms with Crippen LogP contribution in [0.15, 0.2) is 30.3 Å². The summed E-state index contributed by atoms with van der Waals surface area (Å²) in [6.45, 7) is 6.65. The SMILES string of the molecule is CCc1c(F)ccc2cc(O)cc(-c3n[nH]c4c(N5CC6CCC(C5)N6)nc(OCC56CCCN5CCC6)cc34)c12. The third-order valence-electron chi connectivity index (χ3n) is 10.1. The van der Waals surface area contributed by atoms with Crippen molar-refractivity contribution in [2.24, 2.45) is 0 Å². The first-order valence-electron chi connectivity index (χ1n) is 15.2. The van der Waals surface area contributed by atoms with Gasteiger partial charge >= 0.3 is 0 Å². The number of rotatable bonds is 6. The van der Waals surface area contributed by atoms with E-state index in [1.165, 1.54) is 44.6 Å². The quantitative estimate of drug-likeness (QED) is 0.303. The molecule has 4 aliphatic heterocycles. The van der Waals surface area contributed by atoms with Crippen molar-refractivity contribution in [2.45, 2.75) is 69.5 Å². The van der Waals surface area contributed by atoms with Gasteiger partial charge < -0.3 is 20.1 Å². The number of piperazine rings is 1. The number of hydrogen-bond donors (Lipinski definition) is 3. The number of nitrogens with one attached hydrogen (secondary N) is 2. The predicted octanol–water partition coefficient (Wildman–Crippen LogP) is 5.13. The summed E-state index contributed by atoms with van der Waals surface area (Å²) in [7, 11) is 0. The Morgan fingerprint density at radius 1 is 1.10 bits per heavy atom. The molecule has 2 aromatic carbocycles. The number of anilines is 1. The molecule has 8 rings (SSSR count). The highest BCUT2D eigenvalue weighted by Crippen LogP contribution is 2.42. The maximum atomic E-state index is 15.0. The third kappa shape index (κ3) is 4.07. The summed E-state index contributed by atoms with van der Waals surface area (Å²) in [5, 5.41) is 24.9. The molecule has 2 bridgehead atoms. The van der Waals surface area contributed by atoms with Crippen molar-refractivity contribution in [3.05, 3.63) is 41.7 Å². The molecule has 4 aromatic rings. The number of nitrogens with zero attached hydrogens (tertiary/aromatic N) is 4. The van der Waals surface area contributed by atoms with Gasteiger partial charge in [0.05, 0.1) is 5.54 Å². The van der Waals surface area contributed by atoms with E-state index in [4.69, 9.17) is 14.8 Å². The van der Waals surface area contributed by atoms with E-state index in [1.54, 1.807) is 18.2 Å². The molecular formula is C32H37FN6O2. The van der Waals surface area contributed by atoms with Crippen molar-refractivity contribution in [3.63, 3.8) is 0 Å². The topological polar surface area (TPSA) is 89.5 Å². The molecule has 0 radical (unpaired) electrons. The first-order valence-corrected chi connectivity index (χ1v) is 15.2. The van der Waals surface area contributed by atoms with Crippen molar-refractivity contribution in [2.75, 3.05) is 37.7 Å². The number of ether oxygens (including phenoxy) is 1. The molecule has 4 aliphatic rings. The first-order chi connectivity index (χ1) is 20.0. The zero-order valence-corrected chi connectivity index (χ0v) is 23.5. The van der Waals surface area contributed by atoms with Gasteiger partial charge in [0.25, 0.3) is 0 Å². The number of benzene rings is 2. The molecule has 8 nitrogen and oxygen atoms in total. The highest BCUT2D eigenvalue weighted by molar-refractivity contribution is 6.07. The lowest BCUT2D eigenvalue weighted by Crippen LogP contribution is -2.51. The lowest BCUT2D eigenvalue weighted by atomic mass is 9.94. The van der Waals surface area contributed by atoms with Gasteiger partial charge in [0, 0.05) is 42.2 Å². The van der Waals surface area contributed by atoms with Crippen LogP contribution in [0.4, 0.5) is 10.2 Å². The fourth-order valence-electron chi connectivity index (χ4n) is 8.16. The molecule has 4 fully saturated rings. The second-order valence-corrected chi connectivity index (χ2v) is 12.5. The van der Waals surface area contributed by atoms with Gasteiger partial charge in [-0.3, -0.25) is 10.00 Å². The molecule has 0 amide bonds. The van der Waals surface area contributed by atoms with E-state index >= 15 is 4.39 Å². The second kappa shape index (κ2) is 9.56. The van der Waals surface area contributed by atoms with E-state index < -0.39 is 0 Å². The van der Waals surface area contributed by atoms with Crippen LogP contribution in [0.25, 0.3) is 32.9 Å². The minimum absolute atomic E-state index is 0.110. The van der Waals surface area contributed by atoms with Gasteiger partial charge in [0.2, 0.25) is 5.88 Å². The maximum Gasteiger partial charge on any atom is 0.216 e. The van der Waals surface area contributed by atoms with Gasteiger partial charge in [0.15, 0.2) is 5.82 Å². The molecule has 9 heteroatoms. The molecule has 3 N–H and O–H groups in total. The summed E-state index contributed by atoms with van der Waals surface area (Å²) in [4.78, 5) is 10.1. The highest BCUT2D eigenvalue weighted by atomic mass is 19.1. The van der Waals surface area contributed by atoms with Gasteiger partial charge in [-0.1, -0.05) is 13.0 Å². The van der Waals surface area contributed by atoms with Crippen LogP contribution in [0.1, 0.15) is 51.0 Å². The smallest absolute Gasteiger partial charge is 0.216 e. The average Bonchev–Trinajstić information content (AvgIpc) is 3.74. The Hall–Kier alpha value is -3.43. The van der Waals surface area contributed by atoms with E-state index in [-0.39, 0.29) is 17.1 Å².